The Labute approximate surface area is 123 Å². The lowest BCUT2D eigenvalue weighted by Crippen LogP contribution is -2.44. The number of piperazine rings is 1. The van der Waals surface area contributed by atoms with Gasteiger partial charge in [-0.1, -0.05) is 6.07 Å². The average molecular weight is 283 g/mol. The van der Waals surface area contributed by atoms with Gasteiger partial charge in [-0.15, -0.1) is 0 Å². The number of nitrogens with zero attached hydrogens (tertiary/aromatic N) is 3. The minimum atomic E-state index is -0.222. The molecule has 2 aromatic heterocycles. The van der Waals surface area contributed by atoms with Crippen LogP contribution in [0.5, 0.6) is 0 Å². The standard InChI is InChI=1S/C15H17N5O/c21-15(13-4-1-2-6-17-13)19-12-5-3-7-18-14(12)20-10-8-16-9-11-20/h1-7,16H,8-11H2,(H,19,21). The van der Waals surface area contributed by atoms with Gasteiger partial charge in [-0.25, -0.2) is 4.98 Å². The SMILES string of the molecule is O=C(Nc1cccnc1N1CCNCC1)c1ccccn1. The predicted molar refractivity (Wildman–Crippen MR) is 81.5 cm³/mol. The number of hydrogen-bond acceptors (Lipinski definition) is 5. The summed E-state index contributed by atoms with van der Waals surface area (Å²) in [6.45, 7) is 3.60. The number of amides is 1. The van der Waals surface area contributed by atoms with Crippen molar-refractivity contribution >= 4 is 17.4 Å². The third-order valence-electron chi connectivity index (χ3n) is 3.35. The molecular weight excluding hydrogens is 266 g/mol. The molecule has 2 aromatic rings. The Kier molecular flexibility index (Phi) is 4.07. The Morgan fingerprint density at radius 2 is 1.90 bits per heavy atom. The van der Waals surface area contributed by atoms with E-state index in [-0.39, 0.29) is 5.91 Å². The summed E-state index contributed by atoms with van der Waals surface area (Å²) in [5, 5.41) is 6.20. The molecule has 0 radical (unpaired) electrons. The molecule has 0 bridgehead atoms. The molecule has 1 amide bonds. The van der Waals surface area contributed by atoms with Crippen LogP contribution in [0.2, 0.25) is 0 Å². The van der Waals surface area contributed by atoms with Crippen molar-refractivity contribution in [1.29, 1.82) is 0 Å². The zero-order chi connectivity index (χ0) is 14.5. The maximum Gasteiger partial charge on any atom is 0.274 e. The number of aromatic nitrogens is 2. The summed E-state index contributed by atoms with van der Waals surface area (Å²) in [6.07, 6.45) is 3.35. The second-order valence-electron chi connectivity index (χ2n) is 4.78. The van der Waals surface area contributed by atoms with Gasteiger partial charge in [0.25, 0.3) is 5.91 Å². The number of pyridine rings is 2. The fourth-order valence-electron chi connectivity index (χ4n) is 2.31. The van der Waals surface area contributed by atoms with E-state index < -0.39 is 0 Å². The monoisotopic (exact) mass is 283 g/mol. The number of carbonyl (C=O) groups is 1. The lowest BCUT2D eigenvalue weighted by atomic mass is 10.3. The molecule has 108 valence electrons. The molecule has 0 aromatic carbocycles. The van der Waals surface area contributed by atoms with Gasteiger partial charge in [0.05, 0.1) is 5.69 Å². The van der Waals surface area contributed by atoms with E-state index in [2.05, 4.69) is 25.5 Å². The lowest BCUT2D eigenvalue weighted by molar-refractivity contribution is 0.102. The van der Waals surface area contributed by atoms with Crippen molar-refractivity contribution in [1.82, 2.24) is 15.3 Å². The number of rotatable bonds is 3. The van der Waals surface area contributed by atoms with Gasteiger partial charge in [0.1, 0.15) is 5.69 Å². The van der Waals surface area contributed by atoms with Crippen LogP contribution in [0, 0.1) is 0 Å². The maximum atomic E-state index is 12.2. The highest BCUT2D eigenvalue weighted by Crippen LogP contribution is 2.23. The fraction of sp³-hybridized carbons (Fsp3) is 0.267. The zero-order valence-electron chi connectivity index (χ0n) is 11.6. The number of anilines is 2. The summed E-state index contributed by atoms with van der Waals surface area (Å²) in [5.74, 6) is 0.586. The van der Waals surface area contributed by atoms with E-state index in [1.807, 2.05) is 12.1 Å². The van der Waals surface area contributed by atoms with Crippen molar-refractivity contribution in [3.8, 4) is 0 Å². The van der Waals surface area contributed by atoms with Crippen molar-refractivity contribution in [3.05, 3.63) is 48.4 Å². The Balaban J connectivity index is 1.80. The molecule has 0 unspecified atom stereocenters. The van der Waals surface area contributed by atoms with Gasteiger partial charge in [-0.2, -0.15) is 0 Å². The number of carbonyl (C=O) groups excluding carboxylic acids is 1. The Bertz CT molecular complexity index is 610. The first-order valence-electron chi connectivity index (χ1n) is 6.97. The largest absolute Gasteiger partial charge is 0.352 e. The molecule has 1 aliphatic rings. The molecule has 0 saturated carbocycles. The molecule has 6 nitrogen and oxygen atoms in total. The molecule has 0 spiro atoms. The quantitative estimate of drug-likeness (QED) is 0.884. The Hall–Kier alpha value is -2.47. The molecule has 1 aliphatic heterocycles. The van der Waals surface area contributed by atoms with Crippen LogP contribution < -0.4 is 15.5 Å². The molecule has 1 fully saturated rings. The summed E-state index contributed by atoms with van der Waals surface area (Å²) in [5.41, 5.74) is 1.11. The first-order valence-corrected chi connectivity index (χ1v) is 6.97. The van der Waals surface area contributed by atoms with Gasteiger partial charge in [0.15, 0.2) is 5.82 Å². The van der Waals surface area contributed by atoms with Crippen LogP contribution in [0.15, 0.2) is 42.7 Å². The van der Waals surface area contributed by atoms with E-state index in [0.717, 1.165) is 37.7 Å². The molecule has 6 heteroatoms. The van der Waals surface area contributed by atoms with Gasteiger partial charge in [0.2, 0.25) is 0 Å². The highest BCUT2D eigenvalue weighted by atomic mass is 16.1. The van der Waals surface area contributed by atoms with E-state index >= 15 is 0 Å². The molecule has 21 heavy (non-hydrogen) atoms. The van der Waals surface area contributed by atoms with Gasteiger partial charge >= 0.3 is 0 Å². The number of hydrogen-bond donors (Lipinski definition) is 2. The molecule has 0 aliphatic carbocycles. The van der Waals surface area contributed by atoms with Crippen LogP contribution in [-0.4, -0.2) is 42.1 Å². The van der Waals surface area contributed by atoms with Gasteiger partial charge in [0, 0.05) is 38.6 Å². The van der Waals surface area contributed by atoms with Crippen molar-refractivity contribution < 1.29 is 4.79 Å². The van der Waals surface area contributed by atoms with E-state index in [4.69, 9.17) is 0 Å². The average Bonchev–Trinajstić information content (AvgIpc) is 2.57. The molecule has 2 N–H and O–H groups in total. The highest BCUT2D eigenvalue weighted by Gasteiger charge is 2.17. The second-order valence-corrected chi connectivity index (χ2v) is 4.78. The van der Waals surface area contributed by atoms with E-state index in [0.29, 0.717) is 5.69 Å². The van der Waals surface area contributed by atoms with Crippen LogP contribution in [0.3, 0.4) is 0 Å². The van der Waals surface area contributed by atoms with E-state index in [1.165, 1.54) is 0 Å². The molecular formula is C15H17N5O. The summed E-state index contributed by atoms with van der Waals surface area (Å²) in [6, 6.07) is 8.95. The van der Waals surface area contributed by atoms with Crippen LogP contribution in [-0.2, 0) is 0 Å². The number of nitrogens with one attached hydrogen (secondary N) is 2. The summed E-state index contributed by atoms with van der Waals surface area (Å²) in [4.78, 5) is 22.9. The first-order chi connectivity index (χ1) is 10.3. The van der Waals surface area contributed by atoms with Crippen molar-refractivity contribution in [2.45, 2.75) is 0 Å². The van der Waals surface area contributed by atoms with Gasteiger partial charge in [-0.05, 0) is 24.3 Å². The highest BCUT2D eigenvalue weighted by molar-refractivity contribution is 6.04. The lowest BCUT2D eigenvalue weighted by Gasteiger charge is -2.29. The molecule has 0 atom stereocenters. The molecule has 3 rings (SSSR count). The summed E-state index contributed by atoms with van der Waals surface area (Å²) >= 11 is 0. The van der Waals surface area contributed by atoms with Crippen LogP contribution >= 0.6 is 0 Å². The normalized spacial score (nSPS) is 14.8. The smallest absolute Gasteiger partial charge is 0.274 e. The van der Waals surface area contributed by atoms with E-state index in [9.17, 15) is 4.79 Å². The third-order valence-corrected chi connectivity index (χ3v) is 3.35. The topological polar surface area (TPSA) is 70.2 Å². The maximum absolute atomic E-state index is 12.2. The minimum absolute atomic E-state index is 0.222. The molecule has 1 saturated heterocycles. The van der Waals surface area contributed by atoms with Gasteiger partial charge < -0.3 is 15.5 Å². The second kappa shape index (κ2) is 6.32. The predicted octanol–water partition coefficient (Wildman–Crippen LogP) is 1.14. The molecule has 3 heterocycles. The van der Waals surface area contributed by atoms with Gasteiger partial charge in [-0.3, -0.25) is 9.78 Å². The van der Waals surface area contributed by atoms with Crippen molar-refractivity contribution in [3.63, 3.8) is 0 Å². The Morgan fingerprint density at radius 3 is 2.67 bits per heavy atom. The summed E-state index contributed by atoms with van der Waals surface area (Å²) in [7, 11) is 0. The third kappa shape index (κ3) is 3.17. The minimum Gasteiger partial charge on any atom is -0.352 e. The van der Waals surface area contributed by atoms with Crippen LogP contribution in [0.25, 0.3) is 0 Å². The van der Waals surface area contributed by atoms with Crippen molar-refractivity contribution in [2.75, 3.05) is 36.4 Å². The van der Waals surface area contributed by atoms with Crippen LogP contribution in [0.1, 0.15) is 10.5 Å². The zero-order valence-corrected chi connectivity index (χ0v) is 11.6. The van der Waals surface area contributed by atoms with E-state index in [1.54, 1.807) is 30.6 Å². The van der Waals surface area contributed by atoms with Crippen LogP contribution in [0.4, 0.5) is 11.5 Å². The van der Waals surface area contributed by atoms with Crippen molar-refractivity contribution in [2.24, 2.45) is 0 Å². The summed E-state index contributed by atoms with van der Waals surface area (Å²) < 4.78 is 0. The first kappa shape index (κ1) is 13.5. The fourth-order valence-corrected chi connectivity index (χ4v) is 2.31. The Morgan fingerprint density at radius 1 is 1.10 bits per heavy atom.